The van der Waals surface area contributed by atoms with Gasteiger partial charge in [-0.2, -0.15) is 0 Å². The quantitative estimate of drug-likeness (QED) is 0.927. The number of hydrogen-bond donors (Lipinski definition) is 1. The normalized spacial score (nSPS) is 35.9. The first-order valence-electron chi connectivity index (χ1n) is 7.80. The molecule has 1 aliphatic carbocycles. The highest BCUT2D eigenvalue weighted by molar-refractivity contribution is 5.89. The molecule has 3 rings (SSSR count). The number of rotatable bonds is 3. The molecule has 2 unspecified atom stereocenters. The molecule has 114 valence electrons. The lowest BCUT2D eigenvalue weighted by Crippen LogP contribution is -2.48. The Morgan fingerprint density at radius 1 is 1.33 bits per heavy atom. The molecule has 1 heterocycles. The molecule has 2 atom stereocenters. The van der Waals surface area contributed by atoms with Gasteiger partial charge in [0, 0.05) is 6.04 Å². The Balaban J connectivity index is 1.92. The average molecular weight is 290 g/mol. The maximum atomic E-state index is 13.2. The minimum Gasteiger partial charge on any atom is -0.318 e. The lowest BCUT2D eigenvalue weighted by atomic mass is 9.80. The van der Waals surface area contributed by atoms with Gasteiger partial charge in [0.2, 0.25) is 5.91 Å². The van der Waals surface area contributed by atoms with Crippen LogP contribution in [0.5, 0.6) is 0 Å². The van der Waals surface area contributed by atoms with Crippen molar-refractivity contribution in [3.8, 4) is 0 Å². The van der Waals surface area contributed by atoms with Gasteiger partial charge in [0.15, 0.2) is 0 Å². The molecular weight excluding hydrogens is 267 g/mol. The summed E-state index contributed by atoms with van der Waals surface area (Å²) in [6.07, 6.45) is 2.73. The third-order valence-electron chi connectivity index (χ3n) is 5.08. The van der Waals surface area contributed by atoms with Crippen LogP contribution in [0.4, 0.5) is 4.39 Å². The Kier molecular flexibility index (Phi) is 3.52. The van der Waals surface area contributed by atoms with E-state index in [0.29, 0.717) is 12.0 Å². The van der Waals surface area contributed by atoms with E-state index in [2.05, 4.69) is 12.2 Å². The van der Waals surface area contributed by atoms with Crippen LogP contribution in [0.3, 0.4) is 0 Å². The molecule has 1 aromatic rings. The van der Waals surface area contributed by atoms with Crippen LogP contribution in [0.25, 0.3) is 0 Å². The van der Waals surface area contributed by atoms with Crippen molar-refractivity contribution in [3.05, 3.63) is 35.6 Å². The van der Waals surface area contributed by atoms with Gasteiger partial charge in [0.1, 0.15) is 12.0 Å². The molecule has 21 heavy (non-hydrogen) atoms. The molecule has 1 amide bonds. The Bertz CT molecular complexity index is 538. The minimum absolute atomic E-state index is 0.138. The molecule has 1 aliphatic heterocycles. The molecule has 2 fully saturated rings. The van der Waals surface area contributed by atoms with E-state index in [1.165, 1.54) is 12.1 Å². The zero-order valence-electron chi connectivity index (χ0n) is 12.9. The molecule has 3 nitrogen and oxygen atoms in total. The van der Waals surface area contributed by atoms with Gasteiger partial charge in [-0.05, 0) is 49.8 Å². The largest absolute Gasteiger partial charge is 0.318 e. The van der Waals surface area contributed by atoms with Crippen LogP contribution in [0, 0.1) is 11.7 Å². The Morgan fingerprint density at radius 2 is 1.95 bits per heavy atom. The number of benzene rings is 1. The van der Waals surface area contributed by atoms with Gasteiger partial charge in [-0.3, -0.25) is 10.1 Å². The number of hydrogen-bond acceptors (Lipinski definition) is 2. The topological polar surface area (TPSA) is 32.3 Å². The van der Waals surface area contributed by atoms with E-state index in [1.807, 2.05) is 18.7 Å². The minimum atomic E-state index is -0.516. The first-order valence-corrected chi connectivity index (χ1v) is 7.80. The van der Waals surface area contributed by atoms with Crippen LogP contribution in [-0.2, 0) is 4.79 Å². The lowest BCUT2D eigenvalue weighted by Gasteiger charge is -2.42. The second-order valence-electron chi connectivity index (χ2n) is 6.73. The van der Waals surface area contributed by atoms with E-state index in [1.54, 1.807) is 12.1 Å². The predicted molar refractivity (Wildman–Crippen MR) is 80.0 cm³/mol. The second kappa shape index (κ2) is 5.09. The number of nitrogens with zero attached hydrogens (tertiary/aromatic N) is 1. The molecule has 2 aliphatic rings. The molecular formula is C17H23FN2O. The third-order valence-corrected chi connectivity index (χ3v) is 5.08. The van der Waals surface area contributed by atoms with Crippen molar-refractivity contribution in [3.63, 3.8) is 0 Å². The van der Waals surface area contributed by atoms with Gasteiger partial charge < -0.3 is 4.90 Å². The monoisotopic (exact) mass is 290 g/mol. The highest BCUT2D eigenvalue weighted by atomic mass is 19.1. The number of carbonyl (C=O) groups is 1. The van der Waals surface area contributed by atoms with Crippen molar-refractivity contribution < 1.29 is 9.18 Å². The standard InChI is InChI=1S/C17H23FN2O/c1-4-17(3)16(21)20(14-9-11(2)10-14)15(19-17)12-5-7-13(18)8-6-12/h5-8,11,14-15,19H,4,9-10H2,1-3H3. The summed E-state index contributed by atoms with van der Waals surface area (Å²) in [7, 11) is 0. The summed E-state index contributed by atoms with van der Waals surface area (Å²) in [5, 5.41) is 3.47. The van der Waals surface area contributed by atoms with Crippen molar-refractivity contribution in [2.24, 2.45) is 5.92 Å². The van der Waals surface area contributed by atoms with Crippen LogP contribution in [0.2, 0.25) is 0 Å². The molecule has 1 saturated carbocycles. The lowest BCUT2D eigenvalue weighted by molar-refractivity contribution is -0.137. The first kappa shape index (κ1) is 14.5. The summed E-state index contributed by atoms with van der Waals surface area (Å²) < 4.78 is 13.2. The van der Waals surface area contributed by atoms with Gasteiger partial charge in [-0.15, -0.1) is 0 Å². The van der Waals surface area contributed by atoms with E-state index in [0.717, 1.165) is 24.8 Å². The number of amides is 1. The zero-order chi connectivity index (χ0) is 15.2. The fourth-order valence-corrected chi connectivity index (χ4v) is 3.44. The number of carbonyl (C=O) groups excluding carboxylic acids is 1. The molecule has 0 radical (unpaired) electrons. The summed E-state index contributed by atoms with van der Waals surface area (Å²) in [5.74, 6) is 0.617. The van der Waals surface area contributed by atoms with Gasteiger partial charge in [0.25, 0.3) is 0 Å². The van der Waals surface area contributed by atoms with Crippen molar-refractivity contribution >= 4 is 5.91 Å². The number of nitrogens with one attached hydrogen (secondary N) is 1. The van der Waals surface area contributed by atoms with Crippen LogP contribution in [0.15, 0.2) is 24.3 Å². The smallest absolute Gasteiger partial charge is 0.244 e. The zero-order valence-corrected chi connectivity index (χ0v) is 12.9. The molecule has 1 saturated heterocycles. The van der Waals surface area contributed by atoms with Crippen molar-refractivity contribution in [2.45, 2.75) is 57.8 Å². The van der Waals surface area contributed by atoms with E-state index in [9.17, 15) is 9.18 Å². The average Bonchev–Trinajstić information content (AvgIpc) is 2.70. The highest BCUT2D eigenvalue weighted by Crippen LogP contribution is 2.41. The molecule has 1 aromatic carbocycles. The summed E-state index contributed by atoms with van der Waals surface area (Å²) in [6.45, 7) is 6.21. The van der Waals surface area contributed by atoms with Crippen molar-refractivity contribution in [2.75, 3.05) is 0 Å². The van der Waals surface area contributed by atoms with Crippen molar-refractivity contribution in [1.29, 1.82) is 0 Å². The third kappa shape index (κ3) is 2.35. The second-order valence-corrected chi connectivity index (χ2v) is 6.73. The first-order chi connectivity index (χ1) is 9.94. The van der Waals surface area contributed by atoms with Gasteiger partial charge in [-0.1, -0.05) is 26.0 Å². The number of halogens is 1. The molecule has 0 aromatic heterocycles. The van der Waals surface area contributed by atoms with Crippen LogP contribution < -0.4 is 5.32 Å². The van der Waals surface area contributed by atoms with E-state index in [4.69, 9.17) is 0 Å². The summed E-state index contributed by atoms with van der Waals surface area (Å²) >= 11 is 0. The van der Waals surface area contributed by atoms with Crippen LogP contribution in [-0.4, -0.2) is 22.4 Å². The van der Waals surface area contributed by atoms with E-state index >= 15 is 0 Å². The van der Waals surface area contributed by atoms with Gasteiger partial charge in [-0.25, -0.2) is 4.39 Å². The molecule has 4 heteroatoms. The van der Waals surface area contributed by atoms with Crippen LogP contribution in [0.1, 0.15) is 51.8 Å². The fourth-order valence-electron chi connectivity index (χ4n) is 3.44. The summed E-state index contributed by atoms with van der Waals surface area (Å²) in [4.78, 5) is 14.8. The van der Waals surface area contributed by atoms with Crippen molar-refractivity contribution in [1.82, 2.24) is 10.2 Å². The highest BCUT2D eigenvalue weighted by Gasteiger charge is 2.51. The van der Waals surface area contributed by atoms with Gasteiger partial charge >= 0.3 is 0 Å². The SMILES string of the molecule is CCC1(C)NC(c2ccc(F)cc2)N(C2CC(C)C2)C1=O. The Hall–Kier alpha value is -1.42. The summed E-state index contributed by atoms with van der Waals surface area (Å²) in [6, 6.07) is 6.78. The molecule has 1 N–H and O–H groups in total. The Morgan fingerprint density at radius 3 is 2.48 bits per heavy atom. The van der Waals surface area contributed by atoms with E-state index in [-0.39, 0.29) is 17.9 Å². The van der Waals surface area contributed by atoms with Crippen LogP contribution >= 0.6 is 0 Å². The molecule has 0 bridgehead atoms. The maximum Gasteiger partial charge on any atom is 0.244 e. The Labute approximate surface area is 125 Å². The fraction of sp³-hybridized carbons (Fsp3) is 0.588. The summed E-state index contributed by atoms with van der Waals surface area (Å²) in [5.41, 5.74) is 0.444. The van der Waals surface area contributed by atoms with E-state index < -0.39 is 5.54 Å². The van der Waals surface area contributed by atoms with Gasteiger partial charge in [0.05, 0.1) is 5.54 Å². The predicted octanol–water partition coefficient (Wildman–Crippen LogP) is 3.22. The maximum absolute atomic E-state index is 13.2. The molecule has 0 spiro atoms.